The summed E-state index contributed by atoms with van der Waals surface area (Å²) in [7, 11) is 0. The number of carboxylic acids is 1. The van der Waals surface area contributed by atoms with Gasteiger partial charge < -0.3 is 33.9 Å². The van der Waals surface area contributed by atoms with Crippen LogP contribution in [0.15, 0.2) is 24.3 Å². The first kappa shape index (κ1) is 23.1. The van der Waals surface area contributed by atoms with Crippen molar-refractivity contribution in [1.29, 1.82) is 0 Å². The fourth-order valence-corrected chi connectivity index (χ4v) is 2.79. The van der Waals surface area contributed by atoms with Gasteiger partial charge in [-0.3, -0.25) is 14.4 Å². The summed E-state index contributed by atoms with van der Waals surface area (Å²) in [5.41, 5.74) is 0.0196. The number of aromatic carboxylic acids is 1. The molecule has 164 valence electrons. The Balaban J connectivity index is 2.29. The Morgan fingerprint density at radius 1 is 0.933 bits per heavy atom. The van der Waals surface area contributed by atoms with Gasteiger partial charge in [0, 0.05) is 20.8 Å². The number of hydrogen-bond acceptors (Lipinski definition) is 10. The highest BCUT2D eigenvalue weighted by Gasteiger charge is 2.50. The molecule has 0 amide bonds. The molecular weight excluding hydrogens is 404 g/mol. The van der Waals surface area contributed by atoms with Crippen molar-refractivity contribution in [1.82, 2.24) is 0 Å². The molecule has 1 aliphatic heterocycles. The molecule has 1 aliphatic rings. The molecule has 0 bridgehead atoms. The van der Waals surface area contributed by atoms with Gasteiger partial charge >= 0.3 is 23.9 Å². The lowest BCUT2D eigenvalue weighted by Crippen LogP contribution is -2.62. The molecule has 1 heterocycles. The van der Waals surface area contributed by atoms with Crippen molar-refractivity contribution >= 4 is 23.9 Å². The van der Waals surface area contributed by atoms with Gasteiger partial charge in [0.05, 0.1) is 5.56 Å². The van der Waals surface area contributed by atoms with Crippen LogP contribution in [0.2, 0.25) is 0 Å². The van der Waals surface area contributed by atoms with Crippen LogP contribution in [-0.2, 0) is 33.3 Å². The van der Waals surface area contributed by atoms with E-state index in [1.165, 1.54) is 31.2 Å². The molecule has 0 aliphatic carbocycles. The number of hydrogen-bond donors (Lipinski definition) is 2. The van der Waals surface area contributed by atoms with Crippen molar-refractivity contribution in [3.8, 4) is 5.75 Å². The van der Waals surface area contributed by atoms with E-state index in [-0.39, 0.29) is 17.9 Å². The molecule has 0 spiro atoms. The van der Waals surface area contributed by atoms with E-state index >= 15 is 0 Å². The van der Waals surface area contributed by atoms with E-state index in [0.717, 1.165) is 13.8 Å². The molecule has 0 saturated carbocycles. The summed E-state index contributed by atoms with van der Waals surface area (Å²) in [4.78, 5) is 45.1. The Kier molecular flexibility index (Phi) is 7.72. The van der Waals surface area contributed by atoms with Crippen LogP contribution < -0.4 is 4.74 Å². The van der Waals surface area contributed by atoms with Gasteiger partial charge in [-0.2, -0.15) is 0 Å². The predicted octanol–water partition coefficient (Wildman–Crippen LogP) is 0.276. The number of rotatable bonds is 7. The largest absolute Gasteiger partial charge is 0.478 e. The maximum atomic E-state index is 11.5. The van der Waals surface area contributed by atoms with Gasteiger partial charge in [0.1, 0.15) is 24.6 Å². The molecular formula is C19H22O11. The lowest BCUT2D eigenvalue weighted by molar-refractivity contribution is -0.285. The predicted molar refractivity (Wildman–Crippen MR) is 96.4 cm³/mol. The first-order valence-corrected chi connectivity index (χ1v) is 8.89. The zero-order valence-electron chi connectivity index (χ0n) is 16.5. The maximum Gasteiger partial charge on any atom is 0.335 e. The van der Waals surface area contributed by atoms with Crippen molar-refractivity contribution in [2.75, 3.05) is 6.61 Å². The van der Waals surface area contributed by atoms with Gasteiger partial charge in [-0.25, -0.2) is 4.79 Å². The van der Waals surface area contributed by atoms with Gasteiger partial charge in [0.25, 0.3) is 0 Å². The van der Waals surface area contributed by atoms with E-state index in [1.807, 2.05) is 0 Å². The summed E-state index contributed by atoms with van der Waals surface area (Å²) in [6.07, 6.45) is -6.75. The Bertz CT molecular complexity index is 786. The van der Waals surface area contributed by atoms with Crippen LogP contribution in [0, 0.1) is 0 Å². The molecule has 0 aromatic heterocycles. The third kappa shape index (κ3) is 6.16. The van der Waals surface area contributed by atoms with Crippen molar-refractivity contribution < 1.29 is 53.1 Å². The minimum Gasteiger partial charge on any atom is -0.478 e. The normalized spacial score (nSPS) is 25.7. The Morgan fingerprint density at radius 3 is 2.00 bits per heavy atom. The average Bonchev–Trinajstić information content (AvgIpc) is 2.65. The number of benzene rings is 1. The van der Waals surface area contributed by atoms with Crippen LogP contribution in [0.4, 0.5) is 0 Å². The first-order chi connectivity index (χ1) is 14.1. The van der Waals surface area contributed by atoms with Gasteiger partial charge in [0.2, 0.25) is 6.29 Å². The van der Waals surface area contributed by atoms with Crippen molar-refractivity contribution in [2.45, 2.75) is 51.5 Å². The van der Waals surface area contributed by atoms with Crippen molar-refractivity contribution in [2.24, 2.45) is 0 Å². The van der Waals surface area contributed by atoms with Gasteiger partial charge in [-0.05, 0) is 24.3 Å². The third-order valence-electron chi connectivity index (χ3n) is 4.03. The van der Waals surface area contributed by atoms with Gasteiger partial charge in [0.15, 0.2) is 12.2 Å². The van der Waals surface area contributed by atoms with E-state index < -0.39 is 54.6 Å². The maximum absolute atomic E-state index is 11.5. The lowest BCUT2D eigenvalue weighted by atomic mass is 9.98. The molecule has 11 heteroatoms. The lowest BCUT2D eigenvalue weighted by Gasteiger charge is -2.42. The number of carboxylic acid groups (broad SMARTS) is 1. The molecule has 2 N–H and O–H groups in total. The number of carbonyl (C=O) groups excluding carboxylic acids is 3. The highest BCUT2D eigenvalue weighted by Crippen LogP contribution is 2.29. The Morgan fingerprint density at radius 2 is 1.50 bits per heavy atom. The summed E-state index contributed by atoms with van der Waals surface area (Å²) < 4.78 is 26.4. The SMILES string of the molecule is CC(=O)OC[C@H]1O[C@@H](Oc2ccc(C(=O)O)cc2)[C@H](OC(C)=O)[C@@H](O)[C@@H]1OC(C)=O. The number of carbonyl (C=O) groups is 4. The molecule has 11 nitrogen and oxygen atoms in total. The smallest absolute Gasteiger partial charge is 0.335 e. The molecule has 1 fully saturated rings. The summed E-state index contributed by atoms with van der Waals surface area (Å²) in [6, 6.07) is 5.28. The zero-order chi connectivity index (χ0) is 22.4. The zero-order valence-corrected chi connectivity index (χ0v) is 16.5. The second-order valence-electron chi connectivity index (χ2n) is 6.43. The summed E-state index contributed by atoms with van der Waals surface area (Å²) in [5.74, 6) is -3.09. The Hall–Kier alpha value is -3.18. The first-order valence-electron chi connectivity index (χ1n) is 8.89. The molecule has 5 atom stereocenters. The number of ether oxygens (including phenoxy) is 5. The monoisotopic (exact) mass is 426 g/mol. The van der Waals surface area contributed by atoms with Crippen LogP contribution in [0.3, 0.4) is 0 Å². The van der Waals surface area contributed by atoms with Crippen molar-refractivity contribution in [3.05, 3.63) is 29.8 Å². The van der Waals surface area contributed by atoms with Crippen LogP contribution >= 0.6 is 0 Å². The van der Waals surface area contributed by atoms with Crippen LogP contribution in [0.25, 0.3) is 0 Å². The Labute approximate surface area is 171 Å². The van der Waals surface area contributed by atoms with E-state index in [2.05, 4.69) is 0 Å². The summed E-state index contributed by atoms with van der Waals surface area (Å²) in [5, 5.41) is 19.7. The highest BCUT2D eigenvalue weighted by atomic mass is 16.7. The molecule has 1 saturated heterocycles. The van der Waals surface area contributed by atoms with E-state index in [0.29, 0.717) is 0 Å². The van der Waals surface area contributed by atoms with Crippen LogP contribution in [0.5, 0.6) is 5.75 Å². The number of esters is 3. The molecule has 2 rings (SSSR count). The fraction of sp³-hybridized carbons (Fsp3) is 0.474. The summed E-state index contributed by atoms with van der Waals surface area (Å²) >= 11 is 0. The quantitative estimate of drug-likeness (QED) is 0.456. The molecule has 30 heavy (non-hydrogen) atoms. The average molecular weight is 426 g/mol. The topological polar surface area (TPSA) is 155 Å². The molecule has 0 radical (unpaired) electrons. The second-order valence-corrected chi connectivity index (χ2v) is 6.43. The number of aliphatic hydroxyl groups is 1. The molecule has 0 unspecified atom stereocenters. The van der Waals surface area contributed by atoms with Crippen molar-refractivity contribution in [3.63, 3.8) is 0 Å². The highest BCUT2D eigenvalue weighted by molar-refractivity contribution is 5.87. The van der Waals surface area contributed by atoms with E-state index in [9.17, 15) is 24.3 Å². The fourth-order valence-electron chi connectivity index (χ4n) is 2.79. The van der Waals surface area contributed by atoms with Gasteiger partial charge in [-0.15, -0.1) is 0 Å². The van der Waals surface area contributed by atoms with Crippen LogP contribution in [0.1, 0.15) is 31.1 Å². The minimum atomic E-state index is -1.56. The number of aliphatic hydroxyl groups excluding tert-OH is 1. The van der Waals surface area contributed by atoms with Gasteiger partial charge in [-0.1, -0.05) is 0 Å². The van der Waals surface area contributed by atoms with E-state index in [1.54, 1.807) is 0 Å². The molecule has 1 aromatic rings. The summed E-state index contributed by atoms with van der Waals surface area (Å²) in [6.45, 7) is 3.02. The third-order valence-corrected chi connectivity index (χ3v) is 4.03. The standard InChI is InChI=1S/C19H22O11/c1-9(20)26-8-14-16(27-10(2)21)15(23)17(28-11(3)22)19(30-14)29-13-6-4-12(5-7-13)18(24)25/h4-7,14-17,19,23H,8H2,1-3H3,(H,24,25)/t14-,15+,16-,17-,19-/m1/s1. The van der Waals surface area contributed by atoms with E-state index in [4.69, 9.17) is 28.8 Å². The minimum absolute atomic E-state index is 0.0196. The molecule has 1 aromatic carbocycles. The second kappa shape index (κ2) is 10.0. The van der Waals surface area contributed by atoms with Crippen LogP contribution in [-0.4, -0.2) is 71.4 Å².